The summed E-state index contributed by atoms with van der Waals surface area (Å²) in [6, 6.07) is 2.61. The van der Waals surface area contributed by atoms with Gasteiger partial charge in [-0.15, -0.1) is 0 Å². The van der Waals surface area contributed by atoms with Crippen molar-refractivity contribution in [1.29, 1.82) is 0 Å². The molecule has 0 fully saturated rings. The number of rotatable bonds is 4. The van der Waals surface area contributed by atoms with Crippen LogP contribution in [0.5, 0.6) is 0 Å². The fourth-order valence-corrected chi connectivity index (χ4v) is 2.71. The summed E-state index contributed by atoms with van der Waals surface area (Å²) in [4.78, 5) is 3.82. The summed E-state index contributed by atoms with van der Waals surface area (Å²) in [6.07, 6.45) is 1.81. The molecule has 0 aliphatic carbocycles. The average Bonchev–Trinajstić information content (AvgIpc) is 2.76. The smallest absolute Gasteiger partial charge is 0.174 e. The summed E-state index contributed by atoms with van der Waals surface area (Å²) in [7, 11) is 0. The maximum absolute atomic E-state index is 13.7. The largest absolute Gasteiger partial charge is 0.330 e. The van der Waals surface area contributed by atoms with E-state index >= 15 is 0 Å². The summed E-state index contributed by atoms with van der Waals surface area (Å²) in [6.45, 7) is 0.363. The molecule has 7 heteroatoms. The van der Waals surface area contributed by atoms with Crippen molar-refractivity contribution in [2.45, 2.75) is 15.7 Å². The Kier molecular flexibility index (Phi) is 4.03. The molecular weight excluding hydrogens is 264 g/mol. The van der Waals surface area contributed by atoms with Crippen molar-refractivity contribution in [2.75, 3.05) is 6.54 Å². The molecule has 90 valence electrons. The summed E-state index contributed by atoms with van der Waals surface area (Å²) >= 11 is 2.04. The molecule has 0 spiro atoms. The van der Waals surface area contributed by atoms with Crippen molar-refractivity contribution in [3.63, 3.8) is 0 Å². The number of nitrogens with zero attached hydrogens (tertiary/aromatic N) is 2. The molecule has 2 aromatic rings. The summed E-state index contributed by atoms with van der Waals surface area (Å²) in [5, 5.41) is 0. The van der Waals surface area contributed by atoms with Gasteiger partial charge in [-0.05, 0) is 42.2 Å². The van der Waals surface area contributed by atoms with Gasteiger partial charge < -0.3 is 5.73 Å². The number of benzene rings is 1. The van der Waals surface area contributed by atoms with Crippen LogP contribution in [-0.4, -0.2) is 15.9 Å². The van der Waals surface area contributed by atoms with E-state index in [1.54, 1.807) is 0 Å². The van der Waals surface area contributed by atoms with Gasteiger partial charge in [-0.25, -0.2) is 13.8 Å². The first-order chi connectivity index (χ1) is 8.20. The highest BCUT2D eigenvalue weighted by Gasteiger charge is 2.14. The van der Waals surface area contributed by atoms with Crippen LogP contribution < -0.4 is 5.73 Å². The van der Waals surface area contributed by atoms with E-state index in [2.05, 4.69) is 9.36 Å². The minimum absolute atomic E-state index is 0.0532. The number of hydrogen-bond donors (Lipinski definition) is 1. The van der Waals surface area contributed by atoms with Crippen molar-refractivity contribution in [1.82, 2.24) is 9.36 Å². The second-order valence-corrected chi connectivity index (χ2v) is 5.27. The Hall–Kier alpha value is -1.05. The maximum Gasteiger partial charge on any atom is 0.174 e. The lowest BCUT2D eigenvalue weighted by Gasteiger charge is -2.05. The lowest BCUT2D eigenvalue weighted by molar-refractivity contribution is 0.537. The molecule has 0 saturated heterocycles. The summed E-state index contributed by atoms with van der Waals surface area (Å²) in [5.41, 5.74) is 5.90. The van der Waals surface area contributed by atoms with Gasteiger partial charge in [0.15, 0.2) is 4.34 Å². The minimum atomic E-state index is -0.589. The van der Waals surface area contributed by atoms with E-state index in [1.807, 2.05) is 0 Å². The highest BCUT2D eigenvalue weighted by atomic mass is 32.2. The Morgan fingerprint density at radius 2 is 2.00 bits per heavy atom. The van der Waals surface area contributed by atoms with Gasteiger partial charge in [-0.3, -0.25) is 0 Å². The van der Waals surface area contributed by atoms with Gasteiger partial charge in [0.25, 0.3) is 0 Å². The van der Waals surface area contributed by atoms with Gasteiger partial charge in [-0.2, -0.15) is 4.37 Å². The first kappa shape index (κ1) is 12.4. The molecule has 0 aliphatic heterocycles. The van der Waals surface area contributed by atoms with Crippen molar-refractivity contribution >= 4 is 23.3 Å². The van der Waals surface area contributed by atoms with Crippen molar-refractivity contribution in [3.8, 4) is 0 Å². The molecule has 17 heavy (non-hydrogen) atoms. The van der Waals surface area contributed by atoms with Crippen LogP contribution in [0.1, 0.15) is 5.56 Å². The Balaban J connectivity index is 2.28. The molecule has 0 aliphatic rings. The van der Waals surface area contributed by atoms with Crippen LogP contribution in [0.4, 0.5) is 8.78 Å². The lowest BCUT2D eigenvalue weighted by atomic mass is 10.1. The predicted octanol–water partition coefficient (Wildman–Crippen LogP) is 2.47. The molecular formula is C10H9F2N3S2. The van der Waals surface area contributed by atoms with Crippen LogP contribution in [0.3, 0.4) is 0 Å². The van der Waals surface area contributed by atoms with E-state index < -0.39 is 11.6 Å². The third-order valence-corrected chi connectivity index (χ3v) is 3.83. The molecule has 0 bridgehead atoms. The Morgan fingerprint density at radius 3 is 2.53 bits per heavy atom. The Morgan fingerprint density at radius 1 is 1.29 bits per heavy atom. The van der Waals surface area contributed by atoms with E-state index in [9.17, 15) is 8.78 Å². The van der Waals surface area contributed by atoms with Crippen molar-refractivity contribution in [2.24, 2.45) is 5.73 Å². The zero-order valence-electron chi connectivity index (χ0n) is 8.69. The average molecular weight is 273 g/mol. The molecule has 2 N–H and O–H groups in total. The van der Waals surface area contributed by atoms with Gasteiger partial charge >= 0.3 is 0 Å². The third kappa shape index (κ3) is 2.99. The van der Waals surface area contributed by atoms with Crippen LogP contribution in [0.15, 0.2) is 27.7 Å². The van der Waals surface area contributed by atoms with E-state index in [1.165, 1.54) is 18.5 Å². The topological polar surface area (TPSA) is 51.8 Å². The third-order valence-electron chi connectivity index (χ3n) is 2.02. The molecule has 0 saturated carbocycles. The zero-order valence-corrected chi connectivity index (χ0v) is 10.3. The van der Waals surface area contributed by atoms with Crippen LogP contribution in [0, 0.1) is 11.6 Å². The molecule has 1 aromatic heterocycles. The standard InChI is InChI=1S/C10H9F2N3S2/c11-7-3-6(1-2-13)4-8(12)9(7)16-10-14-5-15-17-10/h3-5H,1-2,13H2. The number of nitrogens with two attached hydrogens (primary N) is 1. The first-order valence-corrected chi connectivity index (χ1v) is 6.42. The van der Waals surface area contributed by atoms with Gasteiger partial charge in [0.2, 0.25) is 0 Å². The molecule has 2 rings (SSSR count). The number of aromatic nitrogens is 2. The number of halogens is 2. The predicted molar refractivity (Wildman–Crippen MR) is 63.1 cm³/mol. The minimum Gasteiger partial charge on any atom is -0.330 e. The van der Waals surface area contributed by atoms with Gasteiger partial charge in [0, 0.05) is 0 Å². The van der Waals surface area contributed by atoms with E-state index in [4.69, 9.17) is 5.73 Å². The molecule has 0 atom stereocenters. The maximum atomic E-state index is 13.7. The fraction of sp³-hybridized carbons (Fsp3) is 0.200. The van der Waals surface area contributed by atoms with Crippen molar-refractivity contribution in [3.05, 3.63) is 35.7 Å². The molecule has 0 amide bonds. The van der Waals surface area contributed by atoms with Gasteiger partial charge in [0.1, 0.15) is 18.0 Å². The second kappa shape index (κ2) is 5.52. The molecule has 0 unspecified atom stereocenters. The summed E-state index contributed by atoms with van der Waals surface area (Å²) in [5.74, 6) is -1.18. The van der Waals surface area contributed by atoms with Crippen LogP contribution in [0.25, 0.3) is 0 Å². The fourth-order valence-electron chi connectivity index (χ4n) is 1.32. The van der Waals surface area contributed by atoms with E-state index in [-0.39, 0.29) is 4.90 Å². The monoisotopic (exact) mass is 273 g/mol. The quantitative estimate of drug-likeness (QED) is 0.929. The molecule has 1 aromatic carbocycles. The Bertz CT molecular complexity index is 479. The molecule has 3 nitrogen and oxygen atoms in total. The van der Waals surface area contributed by atoms with Gasteiger partial charge in [0.05, 0.1) is 4.90 Å². The summed E-state index contributed by atoms with van der Waals surface area (Å²) < 4.78 is 31.6. The lowest BCUT2D eigenvalue weighted by Crippen LogP contribution is -2.04. The van der Waals surface area contributed by atoms with Crippen LogP contribution >= 0.6 is 23.3 Å². The highest BCUT2D eigenvalue weighted by molar-refractivity contribution is 8.01. The normalized spacial score (nSPS) is 10.8. The van der Waals surface area contributed by atoms with Crippen LogP contribution in [-0.2, 0) is 6.42 Å². The molecule has 1 heterocycles. The van der Waals surface area contributed by atoms with E-state index in [0.29, 0.717) is 22.9 Å². The first-order valence-electron chi connectivity index (χ1n) is 4.83. The SMILES string of the molecule is NCCc1cc(F)c(Sc2ncns2)c(F)c1. The van der Waals surface area contributed by atoms with Crippen LogP contribution in [0.2, 0.25) is 0 Å². The van der Waals surface area contributed by atoms with E-state index in [0.717, 1.165) is 23.3 Å². The number of hydrogen-bond acceptors (Lipinski definition) is 5. The zero-order chi connectivity index (χ0) is 12.3. The Labute approximate surface area is 105 Å². The second-order valence-electron chi connectivity index (χ2n) is 3.24. The van der Waals surface area contributed by atoms with Crippen molar-refractivity contribution < 1.29 is 8.78 Å². The van der Waals surface area contributed by atoms with Gasteiger partial charge in [-0.1, -0.05) is 11.8 Å². The molecule has 0 radical (unpaired) electrons. The highest BCUT2D eigenvalue weighted by Crippen LogP contribution is 2.33.